The van der Waals surface area contributed by atoms with Crippen molar-refractivity contribution in [3.05, 3.63) is 137 Å². The van der Waals surface area contributed by atoms with Crippen molar-refractivity contribution in [1.29, 1.82) is 0 Å². The van der Waals surface area contributed by atoms with Gasteiger partial charge in [-0.25, -0.2) is 4.39 Å². The Labute approximate surface area is 257 Å². The van der Waals surface area contributed by atoms with E-state index in [9.17, 15) is 4.39 Å². The topological polar surface area (TPSA) is 22.8 Å². The van der Waals surface area contributed by atoms with Gasteiger partial charge in [-0.2, -0.15) is 5.10 Å². The number of hydrogen-bond acceptors (Lipinski definition) is 1. The SMILES string of the molecule is C.CC(C)(C)c1ccc2c(cnn2Cc2cccc(F)c2)c1.Cc1cccc(Cn2ccc3cc(C(C)(C)C)ccc32)c1. The van der Waals surface area contributed by atoms with Crippen molar-refractivity contribution in [3.8, 4) is 0 Å². The molecule has 0 saturated heterocycles. The molecule has 0 spiro atoms. The van der Waals surface area contributed by atoms with Gasteiger partial charge in [-0.05, 0) is 87.9 Å². The van der Waals surface area contributed by atoms with Gasteiger partial charge in [0.15, 0.2) is 0 Å². The number of hydrogen-bond donors (Lipinski definition) is 0. The van der Waals surface area contributed by atoms with E-state index in [0.717, 1.165) is 23.0 Å². The van der Waals surface area contributed by atoms with Crippen molar-refractivity contribution in [3.63, 3.8) is 0 Å². The molecule has 43 heavy (non-hydrogen) atoms. The number of aromatic nitrogens is 3. The highest BCUT2D eigenvalue weighted by atomic mass is 19.1. The molecule has 3 nitrogen and oxygen atoms in total. The first-order chi connectivity index (χ1) is 19.9. The van der Waals surface area contributed by atoms with Crippen LogP contribution in [-0.2, 0) is 23.9 Å². The summed E-state index contributed by atoms with van der Waals surface area (Å²) in [5, 5.41) is 6.89. The lowest BCUT2D eigenvalue weighted by Gasteiger charge is -2.19. The van der Waals surface area contributed by atoms with Crippen molar-refractivity contribution in [1.82, 2.24) is 14.3 Å². The molecule has 224 valence electrons. The van der Waals surface area contributed by atoms with Crippen LogP contribution in [0.25, 0.3) is 21.8 Å². The molecule has 6 rings (SSSR count). The summed E-state index contributed by atoms with van der Waals surface area (Å²) in [6.45, 7) is 17.0. The van der Waals surface area contributed by atoms with Gasteiger partial charge < -0.3 is 4.57 Å². The first-order valence-corrected chi connectivity index (χ1v) is 14.7. The van der Waals surface area contributed by atoms with Crippen molar-refractivity contribution < 1.29 is 4.39 Å². The highest BCUT2D eigenvalue weighted by Gasteiger charge is 2.16. The average molecular weight is 576 g/mol. The summed E-state index contributed by atoms with van der Waals surface area (Å²) < 4.78 is 17.5. The predicted octanol–water partition coefficient (Wildman–Crippen LogP) is 10.5. The summed E-state index contributed by atoms with van der Waals surface area (Å²) >= 11 is 0. The Bertz CT molecular complexity index is 1690. The summed E-state index contributed by atoms with van der Waals surface area (Å²) in [7, 11) is 0. The Balaban J connectivity index is 0.000000192. The van der Waals surface area contributed by atoms with E-state index in [1.165, 1.54) is 39.2 Å². The summed E-state index contributed by atoms with van der Waals surface area (Å²) in [5.74, 6) is -0.209. The monoisotopic (exact) mass is 575 g/mol. The van der Waals surface area contributed by atoms with Crippen LogP contribution in [0.3, 0.4) is 0 Å². The third-order valence-electron chi connectivity index (χ3n) is 7.80. The first kappa shape index (κ1) is 31.7. The maximum Gasteiger partial charge on any atom is 0.123 e. The number of halogens is 1. The Kier molecular flexibility index (Phi) is 9.29. The van der Waals surface area contributed by atoms with E-state index in [2.05, 4.69) is 131 Å². The second kappa shape index (κ2) is 12.6. The fourth-order valence-corrected chi connectivity index (χ4v) is 5.30. The van der Waals surface area contributed by atoms with Crippen LogP contribution >= 0.6 is 0 Å². The maximum absolute atomic E-state index is 13.3. The Hall–Kier alpha value is -4.18. The van der Waals surface area contributed by atoms with Gasteiger partial charge in [0.05, 0.1) is 18.3 Å². The van der Waals surface area contributed by atoms with Gasteiger partial charge in [-0.1, -0.05) is 103 Å². The van der Waals surface area contributed by atoms with Gasteiger partial charge in [0.1, 0.15) is 5.82 Å². The minimum absolute atomic E-state index is 0. The van der Waals surface area contributed by atoms with E-state index >= 15 is 0 Å². The van der Waals surface area contributed by atoms with Gasteiger partial charge >= 0.3 is 0 Å². The summed E-state index contributed by atoms with van der Waals surface area (Å²) in [6, 6.07) is 30.9. The molecule has 0 atom stereocenters. The minimum atomic E-state index is -0.209. The number of rotatable bonds is 4. The van der Waals surface area contributed by atoms with Crippen LogP contribution in [0.5, 0.6) is 0 Å². The molecule has 4 heteroatoms. The molecular weight excluding hydrogens is 529 g/mol. The minimum Gasteiger partial charge on any atom is -0.343 e. The second-order valence-corrected chi connectivity index (χ2v) is 13.4. The van der Waals surface area contributed by atoms with Crippen molar-refractivity contribution in [2.75, 3.05) is 0 Å². The fraction of sp³-hybridized carbons (Fsp3) is 0.308. The van der Waals surface area contributed by atoms with E-state index in [0.29, 0.717) is 6.54 Å². The number of aryl methyl sites for hydroxylation is 1. The molecule has 0 aliphatic rings. The molecule has 2 aromatic heterocycles. The van der Waals surface area contributed by atoms with E-state index in [-0.39, 0.29) is 24.1 Å². The van der Waals surface area contributed by atoms with Gasteiger partial charge in [0.2, 0.25) is 0 Å². The van der Waals surface area contributed by atoms with Crippen molar-refractivity contribution in [2.24, 2.45) is 0 Å². The predicted molar refractivity (Wildman–Crippen MR) is 182 cm³/mol. The Morgan fingerprint density at radius 1 is 0.651 bits per heavy atom. The molecular formula is C39H46FN3. The molecule has 0 aliphatic heterocycles. The highest BCUT2D eigenvalue weighted by molar-refractivity contribution is 5.81. The Morgan fingerprint density at radius 2 is 1.26 bits per heavy atom. The lowest BCUT2D eigenvalue weighted by atomic mass is 9.86. The number of fused-ring (bicyclic) bond motifs is 2. The quantitative estimate of drug-likeness (QED) is 0.205. The van der Waals surface area contributed by atoms with Crippen LogP contribution in [-0.4, -0.2) is 14.3 Å². The molecule has 0 bridgehead atoms. The molecule has 2 heterocycles. The molecule has 4 aromatic carbocycles. The average Bonchev–Trinajstić information content (AvgIpc) is 3.51. The van der Waals surface area contributed by atoms with Crippen LogP contribution in [0.4, 0.5) is 4.39 Å². The van der Waals surface area contributed by atoms with Crippen LogP contribution in [0.1, 0.15) is 76.8 Å². The number of benzene rings is 4. The lowest BCUT2D eigenvalue weighted by Crippen LogP contribution is -2.10. The third-order valence-corrected chi connectivity index (χ3v) is 7.80. The third kappa shape index (κ3) is 7.62. The van der Waals surface area contributed by atoms with Crippen molar-refractivity contribution >= 4 is 21.8 Å². The number of nitrogens with zero attached hydrogens (tertiary/aromatic N) is 3. The zero-order valence-corrected chi connectivity index (χ0v) is 25.9. The fourth-order valence-electron chi connectivity index (χ4n) is 5.30. The van der Waals surface area contributed by atoms with Gasteiger partial charge in [-0.3, -0.25) is 4.68 Å². The summed E-state index contributed by atoms with van der Waals surface area (Å²) in [6.07, 6.45) is 4.07. The van der Waals surface area contributed by atoms with Crippen LogP contribution in [0.15, 0.2) is 103 Å². The zero-order chi connectivity index (χ0) is 30.1. The molecule has 0 fully saturated rings. The molecule has 0 saturated carbocycles. The summed E-state index contributed by atoms with van der Waals surface area (Å²) in [4.78, 5) is 0. The van der Waals surface area contributed by atoms with E-state index in [1.54, 1.807) is 12.1 Å². The summed E-state index contributed by atoms with van der Waals surface area (Å²) in [5.41, 5.74) is 8.98. The first-order valence-electron chi connectivity index (χ1n) is 14.7. The van der Waals surface area contributed by atoms with E-state index in [4.69, 9.17) is 0 Å². The second-order valence-electron chi connectivity index (χ2n) is 13.4. The lowest BCUT2D eigenvalue weighted by molar-refractivity contribution is 0.591. The van der Waals surface area contributed by atoms with E-state index in [1.807, 2.05) is 16.9 Å². The standard InChI is InChI=1S/C20H23N.C18H19FN2.CH4/c1-15-6-5-7-16(12-15)14-21-11-10-17-13-18(20(2,3)4)8-9-19(17)21;1-18(2,3)15-7-8-17-14(10-15)11-20-21(17)12-13-5-4-6-16(19)9-13;/h5-13H,14H2,1-4H3;4-11H,12H2,1-3H3;1H4. The molecule has 6 aromatic rings. The van der Waals surface area contributed by atoms with Crippen molar-refractivity contribution in [2.45, 2.75) is 79.8 Å². The zero-order valence-electron chi connectivity index (χ0n) is 25.9. The molecule has 0 unspecified atom stereocenters. The molecule has 0 radical (unpaired) electrons. The van der Waals surface area contributed by atoms with Crippen LogP contribution in [0.2, 0.25) is 0 Å². The van der Waals surface area contributed by atoms with Crippen LogP contribution < -0.4 is 0 Å². The maximum atomic E-state index is 13.3. The van der Waals surface area contributed by atoms with Gasteiger partial charge in [0, 0.05) is 23.6 Å². The van der Waals surface area contributed by atoms with E-state index < -0.39 is 0 Å². The smallest absolute Gasteiger partial charge is 0.123 e. The van der Waals surface area contributed by atoms with Gasteiger partial charge in [0.25, 0.3) is 0 Å². The molecule has 0 aliphatic carbocycles. The normalized spacial score (nSPS) is 11.7. The Morgan fingerprint density at radius 3 is 1.88 bits per heavy atom. The highest BCUT2D eigenvalue weighted by Crippen LogP contribution is 2.28. The van der Waals surface area contributed by atoms with Crippen LogP contribution in [0, 0.1) is 12.7 Å². The largest absolute Gasteiger partial charge is 0.343 e. The van der Waals surface area contributed by atoms with Gasteiger partial charge in [-0.15, -0.1) is 0 Å². The molecule has 0 amide bonds. The molecule has 0 N–H and O–H groups in total.